The van der Waals surface area contributed by atoms with Crippen molar-refractivity contribution in [3.63, 3.8) is 0 Å². The van der Waals surface area contributed by atoms with Crippen LogP contribution < -0.4 is 10.6 Å². The highest BCUT2D eigenvalue weighted by molar-refractivity contribution is 9.10. The second-order valence-electron chi connectivity index (χ2n) is 4.05. The number of nitrogens with two attached hydrogens (primary N) is 1. The van der Waals surface area contributed by atoms with Gasteiger partial charge in [-0.1, -0.05) is 22.0 Å². The van der Waals surface area contributed by atoms with E-state index in [1.54, 1.807) is 0 Å². The molecule has 0 saturated heterocycles. The number of aromatic nitrogens is 1. The highest BCUT2D eigenvalue weighted by Crippen LogP contribution is 2.21. The van der Waals surface area contributed by atoms with Crippen LogP contribution in [0.5, 0.6) is 0 Å². The zero-order valence-electron chi connectivity index (χ0n) is 10.1. The van der Waals surface area contributed by atoms with Gasteiger partial charge in [0, 0.05) is 42.2 Å². The zero-order valence-corrected chi connectivity index (χ0v) is 11.7. The molecular formula is C14H16BrN3. The topological polar surface area (TPSA) is 42.1 Å². The molecule has 0 saturated carbocycles. The molecule has 0 atom stereocenters. The van der Waals surface area contributed by atoms with Crippen LogP contribution in [0.25, 0.3) is 0 Å². The van der Waals surface area contributed by atoms with Crippen molar-refractivity contribution in [2.45, 2.75) is 6.54 Å². The van der Waals surface area contributed by atoms with Crippen molar-refractivity contribution in [3.8, 4) is 0 Å². The molecule has 0 unspecified atom stereocenters. The third kappa shape index (κ3) is 3.55. The summed E-state index contributed by atoms with van der Waals surface area (Å²) in [5, 5.41) is 0. The molecule has 0 spiro atoms. The minimum absolute atomic E-state index is 0.637. The molecule has 2 rings (SSSR count). The summed E-state index contributed by atoms with van der Waals surface area (Å²) in [6.45, 7) is 2.31. The first-order valence-electron chi connectivity index (χ1n) is 5.89. The minimum Gasteiger partial charge on any atom is -0.366 e. The standard InChI is InChI=1S/C14H16BrN3/c15-13-2-1-3-14(10-13)18(9-6-16)11-12-4-7-17-8-5-12/h1-5,7-8,10H,6,9,11,16H2. The average Bonchev–Trinajstić information content (AvgIpc) is 2.39. The fourth-order valence-corrected chi connectivity index (χ4v) is 2.22. The summed E-state index contributed by atoms with van der Waals surface area (Å²) in [7, 11) is 0. The third-order valence-corrected chi connectivity index (χ3v) is 3.19. The monoisotopic (exact) mass is 305 g/mol. The summed E-state index contributed by atoms with van der Waals surface area (Å²) >= 11 is 3.50. The molecule has 4 heteroatoms. The van der Waals surface area contributed by atoms with Crippen molar-refractivity contribution in [2.24, 2.45) is 5.73 Å². The Bertz CT molecular complexity index is 487. The predicted molar refractivity (Wildman–Crippen MR) is 78.5 cm³/mol. The first kappa shape index (κ1) is 13.1. The number of rotatable bonds is 5. The van der Waals surface area contributed by atoms with Gasteiger partial charge in [-0.3, -0.25) is 4.98 Å². The van der Waals surface area contributed by atoms with Gasteiger partial charge in [-0.2, -0.15) is 0 Å². The quantitative estimate of drug-likeness (QED) is 0.923. The SMILES string of the molecule is NCCN(Cc1ccncc1)c1cccc(Br)c1. The fraction of sp³-hybridized carbons (Fsp3) is 0.214. The van der Waals surface area contributed by atoms with Gasteiger partial charge in [-0.15, -0.1) is 0 Å². The molecule has 1 aromatic carbocycles. The first-order valence-corrected chi connectivity index (χ1v) is 6.68. The zero-order chi connectivity index (χ0) is 12.8. The van der Waals surface area contributed by atoms with E-state index in [1.807, 2.05) is 36.7 Å². The lowest BCUT2D eigenvalue weighted by molar-refractivity contribution is 0.789. The predicted octanol–water partition coefficient (Wildman–Crippen LogP) is 2.81. The van der Waals surface area contributed by atoms with E-state index >= 15 is 0 Å². The number of benzene rings is 1. The van der Waals surface area contributed by atoms with Crippen LogP contribution in [0.2, 0.25) is 0 Å². The van der Waals surface area contributed by atoms with Crippen LogP contribution in [0.3, 0.4) is 0 Å². The smallest absolute Gasteiger partial charge is 0.0431 e. The molecule has 94 valence electrons. The Balaban J connectivity index is 2.18. The number of halogens is 1. The van der Waals surface area contributed by atoms with E-state index in [4.69, 9.17) is 5.73 Å². The van der Waals surface area contributed by atoms with Gasteiger partial charge in [0.05, 0.1) is 0 Å². The first-order chi connectivity index (χ1) is 8.79. The summed E-state index contributed by atoms with van der Waals surface area (Å²) in [5.74, 6) is 0. The van der Waals surface area contributed by atoms with Crippen LogP contribution in [-0.4, -0.2) is 18.1 Å². The number of hydrogen-bond acceptors (Lipinski definition) is 3. The lowest BCUT2D eigenvalue weighted by Gasteiger charge is -2.24. The lowest BCUT2D eigenvalue weighted by atomic mass is 10.2. The number of nitrogens with zero attached hydrogens (tertiary/aromatic N) is 2. The largest absolute Gasteiger partial charge is 0.366 e. The Hall–Kier alpha value is -1.39. The molecule has 0 aliphatic rings. The van der Waals surface area contributed by atoms with Gasteiger partial charge >= 0.3 is 0 Å². The molecule has 0 amide bonds. The van der Waals surface area contributed by atoms with Gasteiger partial charge in [-0.25, -0.2) is 0 Å². The Kier molecular flexibility index (Phi) is 4.73. The average molecular weight is 306 g/mol. The fourth-order valence-electron chi connectivity index (χ4n) is 1.84. The van der Waals surface area contributed by atoms with Gasteiger partial charge in [0.25, 0.3) is 0 Å². The highest BCUT2D eigenvalue weighted by Gasteiger charge is 2.06. The number of hydrogen-bond donors (Lipinski definition) is 1. The molecule has 0 fully saturated rings. The molecule has 3 nitrogen and oxygen atoms in total. The van der Waals surface area contributed by atoms with Gasteiger partial charge in [0.2, 0.25) is 0 Å². The summed E-state index contributed by atoms with van der Waals surface area (Å²) in [5.41, 5.74) is 8.10. The van der Waals surface area contributed by atoms with Crippen molar-refractivity contribution in [2.75, 3.05) is 18.0 Å². The van der Waals surface area contributed by atoms with E-state index in [9.17, 15) is 0 Å². The molecule has 1 aromatic heterocycles. The van der Waals surface area contributed by atoms with Crippen LogP contribution in [0, 0.1) is 0 Å². The van der Waals surface area contributed by atoms with E-state index in [-0.39, 0.29) is 0 Å². The summed E-state index contributed by atoms with van der Waals surface area (Å²) < 4.78 is 1.08. The Labute approximate surface area is 116 Å². The van der Waals surface area contributed by atoms with Crippen molar-refractivity contribution in [3.05, 3.63) is 58.8 Å². The summed E-state index contributed by atoms with van der Waals surface area (Å²) in [4.78, 5) is 6.30. The van der Waals surface area contributed by atoms with Crippen LogP contribution in [0.15, 0.2) is 53.3 Å². The van der Waals surface area contributed by atoms with E-state index in [0.717, 1.165) is 17.6 Å². The van der Waals surface area contributed by atoms with E-state index in [2.05, 4.69) is 37.9 Å². The highest BCUT2D eigenvalue weighted by atomic mass is 79.9. The second kappa shape index (κ2) is 6.52. The summed E-state index contributed by atoms with van der Waals surface area (Å²) in [6, 6.07) is 12.3. The Morgan fingerprint density at radius 3 is 2.61 bits per heavy atom. The van der Waals surface area contributed by atoms with Gasteiger partial charge < -0.3 is 10.6 Å². The van der Waals surface area contributed by atoms with Crippen molar-refractivity contribution < 1.29 is 0 Å². The maximum absolute atomic E-state index is 5.69. The van der Waals surface area contributed by atoms with Gasteiger partial charge in [0.1, 0.15) is 0 Å². The minimum atomic E-state index is 0.637. The van der Waals surface area contributed by atoms with Gasteiger partial charge in [0.15, 0.2) is 0 Å². The van der Waals surface area contributed by atoms with E-state index in [0.29, 0.717) is 6.54 Å². The molecule has 0 aliphatic heterocycles. The maximum atomic E-state index is 5.69. The normalized spacial score (nSPS) is 10.3. The molecule has 18 heavy (non-hydrogen) atoms. The molecule has 2 N–H and O–H groups in total. The van der Waals surface area contributed by atoms with Crippen LogP contribution >= 0.6 is 15.9 Å². The molecular weight excluding hydrogens is 290 g/mol. The Morgan fingerprint density at radius 2 is 1.94 bits per heavy atom. The summed E-state index contributed by atoms with van der Waals surface area (Å²) in [6.07, 6.45) is 3.63. The van der Waals surface area contributed by atoms with Crippen LogP contribution in [0.4, 0.5) is 5.69 Å². The van der Waals surface area contributed by atoms with Crippen molar-refractivity contribution >= 4 is 21.6 Å². The van der Waals surface area contributed by atoms with Crippen molar-refractivity contribution in [1.29, 1.82) is 0 Å². The van der Waals surface area contributed by atoms with Gasteiger partial charge in [-0.05, 0) is 35.9 Å². The van der Waals surface area contributed by atoms with E-state index in [1.165, 1.54) is 11.3 Å². The second-order valence-corrected chi connectivity index (χ2v) is 4.96. The van der Waals surface area contributed by atoms with Crippen molar-refractivity contribution in [1.82, 2.24) is 4.98 Å². The molecule has 0 bridgehead atoms. The van der Waals surface area contributed by atoms with Crippen LogP contribution in [0.1, 0.15) is 5.56 Å². The molecule has 2 aromatic rings. The Morgan fingerprint density at radius 1 is 1.17 bits per heavy atom. The maximum Gasteiger partial charge on any atom is 0.0431 e. The lowest BCUT2D eigenvalue weighted by Crippen LogP contribution is -2.28. The molecule has 0 aliphatic carbocycles. The third-order valence-electron chi connectivity index (χ3n) is 2.70. The number of pyridine rings is 1. The molecule has 0 radical (unpaired) electrons. The van der Waals surface area contributed by atoms with E-state index < -0.39 is 0 Å². The molecule has 1 heterocycles. The van der Waals surface area contributed by atoms with Crippen LogP contribution in [-0.2, 0) is 6.54 Å². The number of anilines is 1.